The number of amides is 1. The molecule has 0 aliphatic heterocycles. The van der Waals surface area contributed by atoms with Crippen molar-refractivity contribution in [3.05, 3.63) is 27.7 Å². The highest BCUT2D eigenvalue weighted by Crippen LogP contribution is 2.16. The number of carbonyl (C=O) groups is 1. The van der Waals surface area contributed by atoms with E-state index in [0.29, 0.717) is 17.8 Å². The Bertz CT molecular complexity index is 505. The molecule has 0 aliphatic carbocycles. The van der Waals surface area contributed by atoms with Crippen molar-refractivity contribution < 1.29 is 4.79 Å². The maximum Gasteiger partial charge on any atom is 0.263 e. The highest BCUT2D eigenvalue weighted by Gasteiger charge is 2.12. The van der Waals surface area contributed by atoms with E-state index in [9.17, 15) is 4.79 Å². The van der Waals surface area contributed by atoms with Crippen molar-refractivity contribution in [1.29, 1.82) is 0 Å². The predicted molar refractivity (Wildman–Crippen MR) is 64.0 cm³/mol. The molecular weight excluding hydrogens is 238 g/mol. The monoisotopic (exact) mass is 251 g/mol. The lowest BCUT2D eigenvalue weighted by molar-refractivity contribution is 0.0957. The van der Waals surface area contributed by atoms with Gasteiger partial charge in [0, 0.05) is 13.0 Å². The molecule has 90 valence electrons. The Kier molecular flexibility index (Phi) is 3.48. The van der Waals surface area contributed by atoms with Gasteiger partial charge in [0.05, 0.1) is 10.7 Å². The van der Waals surface area contributed by atoms with Crippen LogP contribution < -0.4 is 5.32 Å². The molecule has 0 saturated heterocycles. The Labute approximate surface area is 103 Å². The smallest absolute Gasteiger partial charge is 0.263 e. The molecule has 0 bridgehead atoms. The average molecular weight is 251 g/mol. The van der Waals surface area contributed by atoms with Crippen molar-refractivity contribution in [2.24, 2.45) is 0 Å². The van der Waals surface area contributed by atoms with Crippen LogP contribution in [0.5, 0.6) is 0 Å². The molecule has 0 fully saturated rings. The van der Waals surface area contributed by atoms with Crippen LogP contribution in [0.25, 0.3) is 0 Å². The number of rotatable bonds is 4. The van der Waals surface area contributed by atoms with Crippen LogP contribution in [0.3, 0.4) is 0 Å². The number of aromatic amines is 1. The largest absolute Gasteiger partial charge is 0.351 e. The number of thiazole rings is 1. The molecule has 6 nitrogen and oxygen atoms in total. The van der Waals surface area contributed by atoms with Gasteiger partial charge in [0.25, 0.3) is 5.91 Å². The molecule has 0 unspecified atom stereocenters. The summed E-state index contributed by atoms with van der Waals surface area (Å²) in [6.45, 7) is 4.27. The van der Waals surface area contributed by atoms with Gasteiger partial charge >= 0.3 is 0 Å². The second-order valence-corrected chi connectivity index (χ2v) is 4.79. The Morgan fingerprint density at radius 3 is 2.94 bits per heavy atom. The summed E-state index contributed by atoms with van der Waals surface area (Å²) < 4.78 is 0. The van der Waals surface area contributed by atoms with Crippen LogP contribution >= 0.6 is 11.3 Å². The summed E-state index contributed by atoms with van der Waals surface area (Å²) in [5.74, 6) is 0.690. The quantitative estimate of drug-likeness (QED) is 0.843. The molecule has 2 heterocycles. The molecular formula is C10H13N5OS. The van der Waals surface area contributed by atoms with E-state index < -0.39 is 0 Å². The third-order valence-electron chi connectivity index (χ3n) is 2.22. The molecule has 2 aromatic heterocycles. The van der Waals surface area contributed by atoms with Gasteiger partial charge in [-0.1, -0.05) is 0 Å². The van der Waals surface area contributed by atoms with Crippen molar-refractivity contribution in [3.8, 4) is 0 Å². The zero-order valence-electron chi connectivity index (χ0n) is 9.65. The van der Waals surface area contributed by atoms with Crippen molar-refractivity contribution >= 4 is 17.2 Å². The number of hydrogen-bond donors (Lipinski definition) is 2. The summed E-state index contributed by atoms with van der Waals surface area (Å²) in [4.78, 5) is 20.7. The first-order valence-electron chi connectivity index (χ1n) is 5.23. The Hall–Kier alpha value is -1.76. The number of nitrogens with one attached hydrogen (secondary N) is 2. The summed E-state index contributed by atoms with van der Waals surface area (Å²) in [6, 6.07) is 0. The van der Waals surface area contributed by atoms with Crippen LogP contribution in [-0.4, -0.2) is 32.6 Å². The van der Waals surface area contributed by atoms with Crippen molar-refractivity contribution in [2.75, 3.05) is 6.54 Å². The highest BCUT2D eigenvalue weighted by molar-refractivity contribution is 7.13. The Morgan fingerprint density at radius 1 is 1.53 bits per heavy atom. The van der Waals surface area contributed by atoms with Crippen molar-refractivity contribution in [3.63, 3.8) is 0 Å². The molecule has 0 radical (unpaired) electrons. The zero-order valence-corrected chi connectivity index (χ0v) is 10.5. The van der Waals surface area contributed by atoms with Gasteiger partial charge in [0.15, 0.2) is 0 Å². The number of hydrogen-bond acceptors (Lipinski definition) is 5. The maximum absolute atomic E-state index is 11.8. The van der Waals surface area contributed by atoms with E-state index in [2.05, 4.69) is 25.5 Å². The van der Waals surface area contributed by atoms with Gasteiger partial charge < -0.3 is 5.32 Å². The fraction of sp³-hybridized carbons (Fsp3) is 0.400. The van der Waals surface area contributed by atoms with Crippen LogP contribution in [0.2, 0.25) is 0 Å². The molecule has 17 heavy (non-hydrogen) atoms. The standard InChI is InChI=1S/C10H13N5OS/c1-6-9(17-7(2)14-6)10(16)11-4-3-8-12-5-13-15-8/h5H,3-4H2,1-2H3,(H,11,16)(H,12,13,15). The van der Waals surface area contributed by atoms with Crippen LogP contribution in [0.1, 0.15) is 26.2 Å². The SMILES string of the molecule is Cc1nc(C)c(C(=O)NCCc2ncn[nH]2)s1. The Balaban J connectivity index is 1.87. The van der Waals surface area contributed by atoms with Gasteiger partial charge in [-0.3, -0.25) is 9.89 Å². The summed E-state index contributed by atoms with van der Waals surface area (Å²) >= 11 is 1.41. The van der Waals surface area contributed by atoms with Gasteiger partial charge in [-0.2, -0.15) is 5.10 Å². The lowest BCUT2D eigenvalue weighted by atomic mass is 10.3. The van der Waals surface area contributed by atoms with Gasteiger partial charge in [-0.25, -0.2) is 9.97 Å². The minimum absolute atomic E-state index is 0.0763. The average Bonchev–Trinajstić information content (AvgIpc) is 2.88. The number of carbonyl (C=O) groups excluding carboxylic acids is 1. The van der Waals surface area contributed by atoms with Gasteiger partial charge in [-0.05, 0) is 13.8 Å². The fourth-order valence-electron chi connectivity index (χ4n) is 1.47. The molecule has 0 spiro atoms. The van der Waals surface area contributed by atoms with Crippen LogP contribution in [0.4, 0.5) is 0 Å². The molecule has 2 rings (SSSR count). The number of nitrogens with zero attached hydrogens (tertiary/aromatic N) is 3. The molecule has 1 amide bonds. The molecule has 0 atom stereocenters. The first kappa shape index (κ1) is 11.7. The van der Waals surface area contributed by atoms with E-state index in [0.717, 1.165) is 16.5 Å². The van der Waals surface area contributed by atoms with Crippen LogP contribution in [-0.2, 0) is 6.42 Å². The molecule has 7 heteroatoms. The molecule has 2 N–H and O–H groups in total. The second kappa shape index (κ2) is 5.05. The second-order valence-electron chi connectivity index (χ2n) is 3.59. The fourth-order valence-corrected chi connectivity index (χ4v) is 2.30. The van der Waals surface area contributed by atoms with Crippen molar-refractivity contribution in [2.45, 2.75) is 20.3 Å². The van der Waals surface area contributed by atoms with E-state index in [-0.39, 0.29) is 5.91 Å². The number of aryl methyl sites for hydroxylation is 2. The summed E-state index contributed by atoms with van der Waals surface area (Å²) in [5, 5.41) is 10.2. The normalized spacial score (nSPS) is 10.5. The first-order valence-corrected chi connectivity index (χ1v) is 6.05. The topological polar surface area (TPSA) is 83.6 Å². The van der Waals surface area contributed by atoms with Gasteiger partial charge in [-0.15, -0.1) is 11.3 Å². The lowest BCUT2D eigenvalue weighted by Gasteiger charge is -2.01. The number of H-pyrrole nitrogens is 1. The molecule has 0 aromatic carbocycles. The maximum atomic E-state index is 11.8. The predicted octanol–water partition coefficient (Wildman–Crippen LogP) is 0.851. The summed E-state index contributed by atoms with van der Waals surface area (Å²) in [6.07, 6.45) is 2.09. The third kappa shape index (κ3) is 2.88. The van der Waals surface area contributed by atoms with Gasteiger partial charge in [0.2, 0.25) is 0 Å². The molecule has 2 aromatic rings. The first-order chi connectivity index (χ1) is 8.16. The number of aromatic nitrogens is 4. The zero-order chi connectivity index (χ0) is 12.3. The van der Waals surface area contributed by atoms with Gasteiger partial charge in [0.1, 0.15) is 17.0 Å². The van der Waals surface area contributed by atoms with E-state index in [1.54, 1.807) is 0 Å². The van der Waals surface area contributed by atoms with Crippen molar-refractivity contribution in [1.82, 2.24) is 25.5 Å². The summed E-state index contributed by atoms with van der Waals surface area (Å²) in [5.41, 5.74) is 0.782. The van der Waals surface area contributed by atoms with Crippen LogP contribution in [0, 0.1) is 13.8 Å². The minimum atomic E-state index is -0.0763. The van der Waals surface area contributed by atoms with E-state index in [1.807, 2.05) is 13.8 Å². The minimum Gasteiger partial charge on any atom is -0.351 e. The molecule has 0 aliphatic rings. The van der Waals surface area contributed by atoms with E-state index >= 15 is 0 Å². The molecule has 0 saturated carbocycles. The third-order valence-corrected chi connectivity index (χ3v) is 3.29. The summed E-state index contributed by atoms with van der Waals surface area (Å²) in [7, 11) is 0. The lowest BCUT2D eigenvalue weighted by Crippen LogP contribution is -2.25. The van der Waals surface area contributed by atoms with Crippen LogP contribution in [0.15, 0.2) is 6.33 Å². The van der Waals surface area contributed by atoms with E-state index in [4.69, 9.17) is 0 Å². The Morgan fingerprint density at radius 2 is 2.35 bits per heavy atom. The van der Waals surface area contributed by atoms with E-state index in [1.165, 1.54) is 17.7 Å². The highest BCUT2D eigenvalue weighted by atomic mass is 32.1.